The Morgan fingerprint density at radius 3 is 2.04 bits per heavy atom. The minimum Gasteiger partial charge on any atom is -0.446 e. The van der Waals surface area contributed by atoms with Gasteiger partial charge in [-0.05, 0) is 224 Å². The molecule has 0 bridgehead atoms. The zero-order chi connectivity index (χ0) is 61.6. The van der Waals surface area contributed by atoms with Crippen LogP contribution in [0.15, 0.2) is 24.7 Å². The Morgan fingerprint density at radius 2 is 1.40 bits per heavy atom. The Hall–Kier alpha value is -4.18. The van der Waals surface area contributed by atoms with E-state index in [2.05, 4.69) is 75.6 Å². The molecule has 5 fully saturated rings. The van der Waals surface area contributed by atoms with E-state index < -0.39 is 35.7 Å². The fraction of sp³-hybridized carbons (Fsp3) is 0.855. The lowest BCUT2D eigenvalue weighted by molar-refractivity contribution is -0.145. The molecule has 16 nitrogen and oxygen atoms in total. The van der Waals surface area contributed by atoms with E-state index in [1.807, 2.05) is 33.1 Å². The number of ether oxygens (including phenoxy) is 2. The Bertz CT molecular complexity index is 2190. The van der Waals surface area contributed by atoms with Crippen LogP contribution in [0.5, 0.6) is 0 Å². The van der Waals surface area contributed by atoms with Gasteiger partial charge < -0.3 is 50.0 Å². The Kier molecular flexibility index (Phi) is 28.4. The lowest BCUT2D eigenvalue weighted by Gasteiger charge is -2.61. The van der Waals surface area contributed by atoms with Crippen molar-refractivity contribution >= 4 is 29.9 Å². The van der Waals surface area contributed by atoms with Gasteiger partial charge in [-0.1, -0.05) is 97.6 Å². The average molecular weight is 1190 g/mol. The average Bonchev–Trinajstić information content (AvgIpc) is 1.81. The summed E-state index contributed by atoms with van der Waals surface area (Å²) in [6, 6.07) is -2.30. The highest BCUT2D eigenvalue weighted by molar-refractivity contribution is 5.92. The Labute approximate surface area is 515 Å². The van der Waals surface area contributed by atoms with Crippen LogP contribution in [-0.4, -0.2) is 157 Å². The van der Waals surface area contributed by atoms with Crippen molar-refractivity contribution in [1.29, 1.82) is 0 Å². The van der Waals surface area contributed by atoms with E-state index in [1.54, 1.807) is 31.9 Å². The number of aromatic nitrogens is 2. The fourth-order valence-electron chi connectivity index (χ4n) is 16.5. The van der Waals surface area contributed by atoms with Crippen LogP contribution in [0.1, 0.15) is 234 Å². The second kappa shape index (κ2) is 34.5. The predicted molar refractivity (Wildman–Crippen MR) is 342 cm³/mol. The summed E-state index contributed by atoms with van der Waals surface area (Å²) >= 11 is 0. The number of unbranched alkanes of at least 4 members (excludes halogenated alkanes) is 12. The number of nitrogens with zero attached hydrogens (tertiary/aromatic N) is 5. The van der Waals surface area contributed by atoms with E-state index in [1.165, 1.54) is 122 Å². The molecule has 85 heavy (non-hydrogen) atoms. The van der Waals surface area contributed by atoms with Crippen LogP contribution >= 0.6 is 0 Å². The molecule has 484 valence electrons. The van der Waals surface area contributed by atoms with Crippen LogP contribution in [0, 0.1) is 46.3 Å². The molecule has 0 spiro atoms. The molecule has 12 atom stereocenters. The van der Waals surface area contributed by atoms with Gasteiger partial charge in [0.15, 0.2) is 0 Å². The first-order valence-corrected chi connectivity index (χ1v) is 34.4. The maximum absolute atomic E-state index is 14.9. The van der Waals surface area contributed by atoms with E-state index in [-0.39, 0.29) is 47.8 Å². The molecule has 5 amide bonds. The Balaban J connectivity index is 0.968. The summed E-state index contributed by atoms with van der Waals surface area (Å²) in [4.78, 5) is 85.2. The van der Waals surface area contributed by atoms with E-state index in [0.29, 0.717) is 67.8 Å². The number of rotatable bonds is 35. The molecule has 6 rings (SSSR count). The van der Waals surface area contributed by atoms with Crippen molar-refractivity contribution < 1.29 is 33.4 Å². The lowest BCUT2D eigenvalue weighted by Crippen LogP contribution is -2.55. The number of carbonyl (C=O) groups is 5. The number of carbonyl (C=O) groups excluding carboxylic acids is 5. The highest BCUT2D eigenvalue weighted by Gasteiger charge is 2.61. The summed E-state index contributed by atoms with van der Waals surface area (Å²) in [7, 11) is 8.09. The second-order valence-corrected chi connectivity index (χ2v) is 29.2. The molecule has 16 heteroatoms. The molecular formula is C69H121N9O7. The number of hydrogen-bond acceptors (Lipinski definition) is 10. The fourth-order valence-corrected chi connectivity index (χ4v) is 16.5. The molecule has 1 aliphatic heterocycles. The maximum Gasteiger partial charge on any atom is 0.408 e. The van der Waals surface area contributed by atoms with Crippen molar-refractivity contribution in [2.75, 3.05) is 67.5 Å². The number of hydrogen-bond donors (Lipinski definition) is 4. The first-order chi connectivity index (χ1) is 40.6. The monoisotopic (exact) mass is 1190 g/mol. The number of likely N-dealkylation sites (tertiary alicyclic amines) is 1. The predicted octanol–water partition coefficient (Wildman–Crippen LogP) is 12.9. The number of aromatic amines is 1. The molecule has 0 radical (unpaired) electrons. The second-order valence-electron chi connectivity index (χ2n) is 29.2. The van der Waals surface area contributed by atoms with Crippen LogP contribution in [0.3, 0.4) is 0 Å². The van der Waals surface area contributed by atoms with E-state index in [4.69, 9.17) is 9.47 Å². The first-order valence-electron chi connectivity index (χ1n) is 34.4. The normalized spacial score (nSPS) is 27.3. The third-order valence-electron chi connectivity index (χ3n) is 21.0. The molecule has 2 heterocycles. The molecule has 5 unspecified atom stereocenters. The highest BCUT2D eigenvalue weighted by atomic mass is 16.6. The van der Waals surface area contributed by atoms with Crippen LogP contribution in [0.25, 0.3) is 0 Å². The third-order valence-corrected chi connectivity index (χ3v) is 21.0. The maximum atomic E-state index is 14.9. The number of amides is 5. The van der Waals surface area contributed by atoms with Gasteiger partial charge in [-0.2, -0.15) is 0 Å². The van der Waals surface area contributed by atoms with Gasteiger partial charge in [0.2, 0.25) is 17.7 Å². The molecule has 1 aromatic rings. The first kappa shape index (κ1) is 69.9. The standard InChI is InChI=1S/C69H121N9O7/c1-12-13-14-15-16-17-18-19-20-21-22-23-24-25-26-27-40-71-65(82)84-55-36-38-68(6)52(45-55)31-32-56-58-34-33-57(69(58,7)39-37-59(56)68)51(2)30-35-62(79)73-54-47-61(64(81)77(43-28-41-75(8)9)44-29-42-76(10)11)78(49-54)63(80)60(46-53-48-70-50-72-53)74-66(83)85-67(3,4)5/h19-20,48,50-52,54-61H,12-18,21-47,49H2,1-11H3,(H,70,72)(H,71,82)(H,73,79)(H,74,83)/t51-,52?,54+,55-,56?,57-,58?,59?,60?,61+,68+,69-/m1/s1. The molecule has 4 saturated carbocycles. The molecular weight excluding hydrogens is 1070 g/mol. The zero-order valence-corrected chi connectivity index (χ0v) is 55.4. The van der Waals surface area contributed by atoms with Crippen molar-refractivity contribution in [2.24, 2.45) is 46.3 Å². The van der Waals surface area contributed by atoms with Gasteiger partial charge in [-0.15, -0.1) is 0 Å². The summed E-state index contributed by atoms with van der Waals surface area (Å²) in [5.74, 6) is 3.05. The molecule has 4 N–H and O–H groups in total. The quantitative estimate of drug-likeness (QED) is 0.0377. The number of H-pyrrole nitrogens is 1. The van der Waals surface area contributed by atoms with Crippen LogP contribution in [0.4, 0.5) is 9.59 Å². The molecule has 4 aliphatic carbocycles. The van der Waals surface area contributed by atoms with Crippen molar-refractivity contribution in [2.45, 2.75) is 265 Å². The highest BCUT2D eigenvalue weighted by Crippen LogP contribution is 2.68. The summed E-state index contributed by atoms with van der Waals surface area (Å²) < 4.78 is 11.8. The van der Waals surface area contributed by atoms with E-state index in [0.717, 1.165) is 70.4 Å². The van der Waals surface area contributed by atoms with E-state index in [9.17, 15) is 24.0 Å². The van der Waals surface area contributed by atoms with Crippen LogP contribution < -0.4 is 16.0 Å². The number of alkyl carbamates (subject to hydrolysis) is 2. The van der Waals surface area contributed by atoms with Gasteiger partial charge in [0.1, 0.15) is 23.8 Å². The minimum atomic E-state index is -1.04. The van der Waals surface area contributed by atoms with Crippen molar-refractivity contribution in [1.82, 2.24) is 45.5 Å². The van der Waals surface area contributed by atoms with E-state index >= 15 is 0 Å². The number of allylic oxidation sites excluding steroid dienone is 2. The van der Waals surface area contributed by atoms with Crippen LogP contribution in [0.2, 0.25) is 0 Å². The van der Waals surface area contributed by atoms with Gasteiger partial charge in [0, 0.05) is 57.0 Å². The minimum absolute atomic E-state index is 0.00575. The van der Waals surface area contributed by atoms with Gasteiger partial charge >= 0.3 is 12.2 Å². The van der Waals surface area contributed by atoms with Gasteiger partial charge in [0.05, 0.1) is 6.33 Å². The van der Waals surface area contributed by atoms with Gasteiger partial charge in [0.25, 0.3) is 0 Å². The van der Waals surface area contributed by atoms with Gasteiger partial charge in [-0.3, -0.25) is 14.4 Å². The largest absolute Gasteiger partial charge is 0.446 e. The van der Waals surface area contributed by atoms with Crippen molar-refractivity contribution in [3.8, 4) is 0 Å². The number of fused-ring (bicyclic) bond motifs is 5. The molecule has 0 aromatic carbocycles. The smallest absolute Gasteiger partial charge is 0.408 e. The summed E-state index contributed by atoms with van der Waals surface area (Å²) in [5, 5.41) is 9.22. The van der Waals surface area contributed by atoms with Crippen molar-refractivity contribution in [3.05, 3.63) is 30.4 Å². The summed E-state index contributed by atoms with van der Waals surface area (Å²) in [6.07, 6.45) is 38.5. The number of nitrogens with one attached hydrogen (secondary N) is 4. The van der Waals surface area contributed by atoms with Crippen LogP contribution in [-0.2, 0) is 30.3 Å². The van der Waals surface area contributed by atoms with Crippen molar-refractivity contribution in [3.63, 3.8) is 0 Å². The Morgan fingerprint density at radius 1 is 0.765 bits per heavy atom. The molecule has 1 aromatic heterocycles. The topological polar surface area (TPSA) is 182 Å². The molecule has 5 aliphatic rings. The SMILES string of the molecule is CCCCCCCCC=CCCCCCCCCNC(=O)O[C@@H]1CC[C@@]2(C)C(CCC3C2CC[C@@]2(C)C3CC[C@@H]2[C@H](C)CCC(=O)N[C@H]2C[C@@H](C(=O)N(CCCN(C)C)CCCN(C)C)N(C(=O)C(Cc3cnc[nH]3)NC(=O)OC(C)(C)C)C2)C1. The van der Waals surface area contributed by atoms with Gasteiger partial charge in [-0.25, -0.2) is 14.6 Å². The lowest BCUT2D eigenvalue weighted by atomic mass is 9.44. The summed E-state index contributed by atoms with van der Waals surface area (Å²) in [5.41, 5.74) is 0.389. The third kappa shape index (κ3) is 21.5. The zero-order valence-electron chi connectivity index (χ0n) is 55.4. The number of imidazole rings is 1. The summed E-state index contributed by atoms with van der Waals surface area (Å²) in [6.45, 7) is 18.7. The molecule has 1 saturated heterocycles.